The molecule has 0 bridgehead atoms. The van der Waals surface area contributed by atoms with Gasteiger partial charge in [-0.3, -0.25) is 9.69 Å². The number of carbonyl (C=O) groups is 1. The van der Waals surface area contributed by atoms with Crippen LogP contribution in [0.3, 0.4) is 0 Å². The van der Waals surface area contributed by atoms with Gasteiger partial charge in [-0.2, -0.15) is 0 Å². The molecule has 2 heterocycles. The van der Waals surface area contributed by atoms with Gasteiger partial charge in [0.2, 0.25) is 11.8 Å². The minimum atomic E-state index is 0.0528. The Morgan fingerprint density at radius 2 is 2.10 bits per heavy atom. The van der Waals surface area contributed by atoms with Crippen molar-refractivity contribution in [3.8, 4) is 11.5 Å². The number of hydrogen-bond acceptors (Lipinski definition) is 4. The molecule has 1 N–H and O–H groups in total. The molecule has 1 atom stereocenters. The predicted molar refractivity (Wildman–Crippen MR) is 124 cm³/mol. The molecule has 1 aliphatic heterocycles. The summed E-state index contributed by atoms with van der Waals surface area (Å²) >= 11 is 5.98. The van der Waals surface area contributed by atoms with E-state index in [0.29, 0.717) is 17.5 Å². The number of carbonyl (C=O) groups excluding carboxylic acids is 1. The highest BCUT2D eigenvalue weighted by molar-refractivity contribution is 6.30. The van der Waals surface area contributed by atoms with E-state index in [2.05, 4.69) is 16.3 Å². The molecular weight excluding hydrogens is 410 g/mol. The fourth-order valence-electron chi connectivity index (χ4n) is 4.54. The fraction of sp³-hybridized carbons (Fsp3) is 0.520. The smallest absolute Gasteiger partial charge is 0.226 e. The number of halogens is 1. The molecule has 6 heteroatoms. The van der Waals surface area contributed by atoms with Gasteiger partial charge in [0.05, 0.1) is 11.6 Å². The van der Waals surface area contributed by atoms with E-state index in [0.717, 1.165) is 55.9 Å². The van der Waals surface area contributed by atoms with Gasteiger partial charge in [0, 0.05) is 30.2 Å². The summed E-state index contributed by atoms with van der Waals surface area (Å²) < 4.78 is 5.90. The molecule has 2 aromatic rings. The number of aromatic nitrogens is 1. The zero-order valence-corrected chi connectivity index (χ0v) is 19.1. The van der Waals surface area contributed by atoms with Gasteiger partial charge in [-0.1, -0.05) is 23.3 Å². The average molecular weight is 442 g/mol. The molecule has 2 aliphatic rings. The summed E-state index contributed by atoms with van der Waals surface area (Å²) in [7, 11) is 0. The second-order valence-electron chi connectivity index (χ2n) is 8.75. The van der Waals surface area contributed by atoms with E-state index in [1.165, 1.54) is 31.3 Å². The first-order valence-corrected chi connectivity index (χ1v) is 11.9. The predicted octanol–water partition coefficient (Wildman–Crippen LogP) is 5.52. The molecule has 166 valence electrons. The monoisotopic (exact) mass is 441 g/mol. The minimum absolute atomic E-state index is 0.0528. The molecule has 1 aliphatic carbocycles. The van der Waals surface area contributed by atoms with Gasteiger partial charge in [-0.15, -0.1) is 0 Å². The molecule has 1 saturated heterocycles. The lowest BCUT2D eigenvalue weighted by atomic mass is 9.96. The standard InChI is InChI=1S/C25H32ClN3O2/c1-18-23(28-25(31-18)20-9-11-22(26)12-10-20)17-29-15-5-8-21(16-29)24(30)27-14-13-19-6-3-2-4-7-19/h6,9-12,21H,2-5,7-8,13-17H2,1H3,(H,27,30). The van der Waals surface area contributed by atoms with E-state index in [-0.39, 0.29) is 11.8 Å². The number of rotatable bonds is 7. The highest BCUT2D eigenvalue weighted by atomic mass is 35.5. The second-order valence-corrected chi connectivity index (χ2v) is 9.19. The first kappa shape index (κ1) is 22.1. The van der Waals surface area contributed by atoms with E-state index in [4.69, 9.17) is 21.0 Å². The lowest BCUT2D eigenvalue weighted by molar-refractivity contribution is -0.126. The molecule has 1 unspecified atom stereocenters. The van der Waals surface area contributed by atoms with Gasteiger partial charge in [0.1, 0.15) is 5.76 Å². The van der Waals surface area contributed by atoms with Crippen molar-refractivity contribution in [1.82, 2.24) is 15.2 Å². The van der Waals surface area contributed by atoms with Crippen molar-refractivity contribution < 1.29 is 9.21 Å². The van der Waals surface area contributed by atoms with Crippen molar-refractivity contribution in [1.29, 1.82) is 0 Å². The molecule has 0 spiro atoms. The van der Waals surface area contributed by atoms with Crippen LogP contribution < -0.4 is 5.32 Å². The van der Waals surface area contributed by atoms with Crippen LogP contribution in [-0.2, 0) is 11.3 Å². The molecule has 1 aromatic heterocycles. The highest BCUT2D eigenvalue weighted by Crippen LogP contribution is 2.26. The third kappa shape index (κ3) is 5.98. The van der Waals surface area contributed by atoms with Crippen molar-refractivity contribution in [3.63, 3.8) is 0 Å². The van der Waals surface area contributed by atoms with Gasteiger partial charge in [-0.05, 0) is 82.7 Å². The summed E-state index contributed by atoms with van der Waals surface area (Å²) in [6.07, 6.45) is 10.3. The third-order valence-electron chi connectivity index (χ3n) is 6.36. The third-order valence-corrected chi connectivity index (χ3v) is 6.62. The topological polar surface area (TPSA) is 58.4 Å². The van der Waals surface area contributed by atoms with Crippen LogP contribution in [0.15, 0.2) is 40.3 Å². The van der Waals surface area contributed by atoms with Gasteiger partial charge in [0.25, 0.3) is 0 Å². The molecule has 0 radical (unpaired) electrons. The van der Waals surface area contributed by atoms with Crippen molar-refractivity contribution in [2.24, 2.45) is 5.92 Å². The number of aryl methyl sites for hydroxylation is 1. The minimum Gasteiger partial charge on any atom is -0.441 e. The summed E-state index contributed by atoms with van der Waals surface area (Å²) in [5, 5.41) is 3.87. The molecule has 5 nitrogen and oxygen atoms in total. The highest BCUT2D eigenvalue weighted by Gasteiger charge is 2.27. The lowest BCUT2D eigenvalue weighted by Gasteiger charge is -2.31. The van der Waals surface area contributed by atoms with Gasteiger partial charge < -0.3 is 9.73 Å². The average Bonchev–Trinajstić information content (AvgIpc) is 3.15. The van der Waals surface area contributed by atoms with E-state index in [9.17, 15) is 4.79 Å². The molecule has 1 aromatic carbocycles. The Morgan fingerprint density at radius 1 is 1.26 bits per heavy atom. The Bertz CT molecular complexity index is 919. The van der Waals surface area contributed by atoms with Crippen LogP contribution in [0.2, 0.25) is 5.02 Å². The van der Waals surface area contributed by atoms with E-state index in [1.54, 1.807) is 0 Å². The van der Waals surface area contributed by atoms with Crippen LogP contribution in [0.5, 0.6) is 0 Å². The molecule has 31 heavy (non-hydrogen) atoms. The van der Waals surface area contributed by atoms with Crippen LogP contribution in [0.4, 0.5) is 0 Å². The number of likely N-dealkylation sites (tertiary alicyclic amines) is 1. The Kier molecular flexibility index (Phi) is 7.46. The first-order valence-electron chi connectivity index (χ1n) is 11.5. The number of amides is 1. The Morgan fingerprint density at radius 3 is 2.87 bits per heavy atom. The van der Waals surface area contributed by atoms with Crippen molar-refractivity contribution in [3.05, 3.63) is 52.4 Å². The zero-order chi connectivity index (χ0) is 21.6. The number of benzene rings is 1. The summed E-state index contributed by atoms with van der Waals surface area (Å²) in [6.45, 7) is 5.18. The van der Waals surface area contributed by atoms with Crippen LogP contribution >= 0.6 is 11.6 Å². The quantitative estimate of drug-likeness (QED) is 0.574. The molecular formula is C25H32ClN3O2. The second kappa shape index (κ2) is 10.5. The van der Waals surface area contributed by atoms with Crippen molar-refractivity contribution in [2.75, 3.05) is 19.6 Å². The maximum absolute atomic E-state index is 12.7. The molecule has 1 amide bonds. The molecule has 1 fully saturated rings. The number of nitrogens with one attached hydrogen (secondary N) is 1. The lowest BCUT2D eigenvalue weighted by Crippen LogP contribution is -2.43. The van der Waals surface area contributed by atoms with Crippen LogP contribution in [0, 0.1) is 12.8 Å². The summed E-state index contributed by atoms with van der Waals surface area (Å²) in [4.78, 5) is 19.8. The zero-order valence-electron chi connectivity index (χ0n) is 18.3. The van der Waals surface area contributed by atoms with E-state index >= 15 is 0 Å². The number of piperidine rings is 1. The van der Waals surface area contributed by atoms with Crippen LogP contribution in [0.1, 0.15) is 56.4 Å². The number of oxazole rings is 1. The summed E-state index contributed by atoms with van der Waals surface area (Å²) in [5.41, 5.74) is 3.37. The van der Waals surface area contributed by atoms with E-state index in [1.807, 2.05) is 31.2 Å². The normalized spacial score (nSPS) is 19.8. The fourth-order valence-corrected chi connectivity index (χ4v) is 4.66. The Balaban J connectivity index is 1.30. The van der Waals surface area contributed by atoms with Gasteiger partial charge in [-0.25, -0.2) is 4.98 Å². The maximum atomic E-state index is 12.7. The maximum Gasteiger partial charge on any atom is 0.226 e. The number of allylic oxidation sites excluding steroid dienone is 1. The SMILES string of the molecule is Cc1oc(-c2ccc(Cl)cc2)nc1CN1CCCC(C(=O)NCCC2=CCCCC2)C1. The van der Waals surface area contributed by atoms with Crippen LogP contribution in [-0.4, -0.2) is 35.4 Å². The first-order chi connectivity index (χ1) is 15.1. The molecule has 4 rings (SSSR count). The number of hydrogen-bond donors (Lipinski definition) is 1. The van der Waals surface area contributed by atoms with Crippen molar-refractivity contribution >= 4 is 17.5 Å². The van der Waals surface area contributed by atoms with Crippen LogP contribution in [0.25, 0.3) is 11.5 Å². The molecule has 0 saturated carbocycles. The summed E-state index contributed by atoms with van der Waals surface area (Å²) in [5.74, 6) is 1.70. The summed E-state index contributed by atoms with van der Waals surface area (Å²) in [6, 6.07) is 7.52. The number of nitrogens with zero attached hydrogens (tertiary/aromatic N) is 2. The van der Waals surface area contributed by atoms with Gasteiger partial charge >= 0.3 is 0 Å². The van der Waals surface area contributed by atoms with E-state index < -0.39 is 0 Å². The largest absolute Gasteiger partial charge is 0.441 e. The Hall–Kier alpha value is -2.11. The Labute approximate surface area is 189 Å². The van der Waals surface area contributed by atoms with Crippen molar-refractivity contribution in [2.45, 2.75) is 58.4 Å². The van der Waals surface area contributed by atoms with Gasteiger partial charge in [0.15, 0.2) is 0 Å².